The number of likely N-dealkylation sites (N-methyl/N-ethyl adjacent to an activating group) is 1. The van der Waals surface area contributed by atoms with E-state index in [4.69, 9.17) is 5.73 Å². The lowest BCUT2D eigenvalue weighted by atomic mass is 10.3. The van der Waals surface area contributed by atoms with Crippen LogP contribution in [-0.4, -0.2) is 41.8 Å². The summed E-state index contributed by atoms with van der Waals surface area (Å²) in [6, 6.07) is 9.11. The molecule has 0 atom stereocenters. The van der Waals surface area contributed by atoms with E-state index in [1.165, 1.54) is 16.2 Å². The van der Waals surface area contributed by atoms with Gasteiger partial charge in [-0.3, -0.25) is 9.59 Å². The van der Waals surface area contributed by atoms with Crippen molar-refractivity contribution >= 4 is 41.2 Å². The van der Waals surface area contributed by atoms with Crippen LogP contribution in [0.15, 0.2) is 35.7 Å². The third-order valence-electron chi connectivity index (χ3n) is 2.91. The van der Waals surface area contributed by atoms with E-state index >= 15 is 0 Å². The van der Waals surface area contributed by atoms with Gasteiger partial charge in [-0.05, 0) is 18.7 Å². The number of thiazole rings is 1. The minimum Gasteiger partial charge on any atom is -0.331 e. The Labute approximate surface area is 145 Å². The number of anilines is 1. The molecule has 1 heterocycles. The maximum atomic E-state index is 12.2. The van der Waals surface area contributed by atoms with Gasteiger partial charge in [0.05, 0.1) is 11.6 Å². The van der Waals surface area contributed by atoms with Gasteiger partial charge in [0, 0.05) is 24.5 Å². The molecule has 0 aliphatic heterocycles. The van der Waals surface area contributed by atoms with Crippen LogP contribution >= 0.6 is 23.7 Å². The molecule has 2 amide bonds. The SMILES string of the molecule is CN(CC(=O)Nc1ccccc1)C(=O)c1csc(CCN)n1.Cl. The lowest BCUT2D eigenvalue weighted by Crippen LogP contribution is -2.35. The fourth-order valence-electron chi connectivity index (χ4n) is 1.85. The number of amides is 2. The van der Waals surface area contributed by atoms with Crippen molar-refractivity contribution in [2.24, 2.45) is 5.73 Å². The summed E-state index contributed by atoms with van der Waals surface area (Å²) in [4.78, 5) is 29.7. The monoisotopic (exact) mass is 354 g/mol. The van der Waals surface area contributed by atoms with E-state index < -0.39 is 0 Å². The van der Waals surface area contributed by atoms with Crippen LogP contribution in [0.4, 0.5) is 5.69 Å². The lowest BCUT2D eigenvalue weighted by molar-refractivity contribution is -0.116. The molecule has 0 saturated carbocycles. The maximum absolute atomic E-state index is 12.2. The van der Waals surface area contributed by atoms with Crippen molar-refractivity contribution in [3.63, 3.8) is 0 Å². The quantitative estimate of drug-likeness (QED) is 0.827. The first-order valence-corrected chi connectivity index (χ1v) is 7.73. The van der Waals surface area contributed by atoms with E-state index in [9.17, 15) is 9.59 Å². The van der Waals surface area contributed by atoms with E-state index in [1.54, 1.807) is 24.6 Å². The van der Waals surface area contributed by atoms with Crippen LogP contribution in [0, 0.1) is 0 Å². The molecule has 0 radical (unpaired) electrons. The zero-order chi connectivity index (χ0) is 15.9. The van der Waals surface area contributed by atoms with Gasteiger partial charge in [-0.1, -0.05) is 18.2 Å². The number of benzene rings is 1. The molecule has 1 aromatic heterocycles. The number of hydrogen-bond donors (Lipinski definition) is 2. The molecule has 2 rings (SSSR count). The van der Waals surface area contributed by atoms with E-state index in [2.05, 4.69) is 10.3 Å². The van der Waals surface area contributed by atoms with E-state index in [-0.39, 0.29) is 30.8 Å². The van der Waals surface area contributed by atoms with Gasteiger partial charge in [-0.25, -0.2) is 4.98 Å². The van der Waals surface area contributed by atoms with Gasteiger partial charge in [0.1, 0.15) is 5.69 Å². The molecule has 0 unspecified atom stereocenters. The van der Waals surface area contributed by atoms with Gasteiger partial charge in [-0.2, -0.15) is 0 Å². The highest BCUT2D eigenvalue weighted by Gasteiger charge is 2.17. The predicted octanol–water partition coefficient (Wildman–Crippen LogP) is 1.78. The van der Waals surface area contributed by atoms with Crippen LogP contribution in [0.2, 0.25) is 0 Å². The second-order valence-electron chi connectivity index (χ2n) is 4.74. The van der Waals surface area contributed by atoms with Gasteiger partial charge < -0.3 is 16.0 Å². The van der Waals surface area contributed by atoms with Crippen LogP contribution in [0.3, 0.4) is 0 Å². The van der Waals surface area contributed by atoms with Crippen molar-refractivity contribution in [2.75, 3.05) is 25.5 Å². The summed E-state index contributed by atoms with van der Waals surface area (Å²) in [6.07, 6.45) is 0.649. The number of carbonyl (C=O) groups excluding carboxylic acids is 2. The summed E-state index contributed by atoms with van der Waals surface area (Å²) in [5.74, 6) is -0.526. The number of hydrogen-bond acceptors (Lipinski definition) is 5. The highest BCUT2D eigenvalue weighted by molar-refractivity contribution is 7.09. The summed E-state index contributed by atoms with van der Waals surface area (Å²) in [6.45, 7) is 0.466. The standard InChI is InChI=1S/C15H18N4O2S.ClH/c1-19(9-13(20)17-11-5-3-2-4-6-11)15(21)12-10-22-14(18-12)7-8-16;/h2-6,10H,7-9,16H2,1H3,(H,17,20);1H. The number of nitrogens with one attached hydrogen (secondary N) is 1. The minimum atomic E-state index is -0.275. The Morgan fingerprint density at radius 1 is 1.30 bits per heavy atom. The molecule has 124 valence electrons. The first kappa shape index (κ1) is 19.1. The normalized spacial score (nSPS) is 9.83. The summed E-state index contributed by atoms with van der Waals surface area (Å²) >= 11 is 1.40. The Hall–Kier alpha value is -1.96. The van der Waals surface area contributed by atoms with Gasteiger partial charge in [-0.15, -0.1) is 23.7 Å². The zero-order valence-electron chi connectivity index (χ0n) is 12.7. The summed E-state index contributed by atoms with van der Waals surface area (Å²) < 4.78 is 0. The Morgan fingerprint density at radius 2 is 2.00 bits per heavy atom. The Kier molecular flexibility index (Phi) is 7.67. The highest BCUT2D eigenvalue weighted by Crippen LogP contribution is 2.12. The zero-order valence-corrected chi connectivity index (χ0v) is 14.3. The molecule has 0 aliphatic rings. The van der Waals surface area contributed by atoms with E-state index in [0.717, 1.165) is 5.01 Å². The van der Waals surface area contributed by atoms with Crippen LogP contribution in [0.5, 0.6) is 0 Å². The molecule has 6 nitrogen and oxygen atoms in total. The number of rotatable bonds is 6. The molecular formula is C15H19ClN4O2S. The van der Waals surface area contributed by atoms with E-state index in [0.29, 0.717) is 24.3 Å². The minimum absolute atomic E-state index is 0. The number of para-hydroxylation sites is 1. The fourth-order valence-corrected chi connectivity index (χ4v) is 2.64. The Balaban J connectivity index is 0.00000264. The number of aromatic nitrogens is 1. The van der Waals surface area contributed by atoms with Crippen molar-refractivity contribution in [3.8, 4) is 0 Å². The van der Waals surface area contributed by atoms with Gasteiger partial charge in [0.2, 0.25) is 5.91 Å². The maximum Gasteiger partial charge on any atom is 0.273 e. The van der Waals surface area contributed by atoms with Crippen molar-refractivity contribution in [1.82, 2.24) is 9.88 Å². The largest absolute Gasteiger partial charge is 0.331 e. The summed E-state index contributed by atoms with van der Waals surface area (Å²) in [5.41, 5.74) is 6.51. The summed E-state index contributed by atoms with van der Waals surface area (Å²) in [7, 11) is 1.58. The van der Waals surface area contributed by atoms with Crippen LogP contribution in [0.25, 0.3) is 0 Å². The van der Waals surface area contributed by atoms with Crippen molar-refractivity contribution < 1.29 is 9.59 Å². The summed E-state index contributed by atoms with van der Waals surface area (Å²) in [5, 5.41) is 5.26. The molecule has 8 heteroatoms. The average molecular weight is 355 g/mol. The number of carbonyl (C=O) groups is 2. The van der Waals surface area contributed by atoms with Gasteiger partial charge in [0.15, 0.2) is 0 Å². The molecule has 23 heavy (non-hydrogen) atoms. The predicted molar refractivity (Wildman–Crippen MR) is 94.2 cm³/mol. The van der Waals surface area contributed by atoms with Crippen molar-refractivity contribution in [2.45, 2.75) is 6.42 Å². The second-order valence-corrected chi connectivity index (χ2v) is 5.68. The third-order valence-corrected chi connectivity index (χ3v) is 3.82. The second kappa shape index (κ2) is 9.24. The molecule has 2 aromatic rings. The smallest absolute Gasteiger partial charge is 0.273 e. The van der Waals surface area contributed by atoms with Crippen LogP contribution < -0.4 is 11.1 Å². The van der Waals surface area contributed by atoms with E-state index in [1.807, 2.05) is 18.2 Å². The Morgan fingerprint density at radius 3 is 2.65 bits per heavy atom. The van der Waals surface area contributed by atoms with Crippen LogP contribution in [-0.2, 0) is 11.2 Å². The van der Waals surface area contributed by atoms with Crippen molar-refractivity contribution in [3.05, 3.63) is 46.4 Å². The van der Waals surface area contributed by atoms with Crippen molar-refractivity contribution in [1.29, 1.82) is 0 Å². The fraction of sp³-hybridized carbons (Fsp3) is 0.267. The first-order chi connectivity index (χ1) is 10.6. The highest BCUT2D eigenvalue weighted by atomic mass is 35.5. The number of halogens is 1. The molecule has 3 N–H and O–H groups in total. The van der Waals surface area contributed by atoms with Gasteiger partial charge in [0.25, 0.3) is 5.91 Å². The number of nitrogens with zero attached hydrogens (tertiary/aromatic N) is 2. The lowest BCUT2D eigenvalue weighted by Gasteiger charge is -2.15. The average Bonchev–Trinajstić information content (AvgIpc) is 2.96. The topological polar surface area (TPSA) is 88.3 Å². The number of nitrogens with two attached hydrogens (primary N) is 1. The first-order valence-electron chi connectivity index (χ1n) is 6.85. The molecule has 0 saturated heterocycles. The molecule has 0 bridgehead atoms. The van der Waals surface area contributed by atoms with Gasteiger partial charge >= 0.3 is 0 Å². The molecule has 0 aliphatic carbocycles. The Bertz CT molecular complexity index is 648. The molecule has 0 spiro atoms. The van der Waals surface area contributed by atoms with Crippen LogP contribution in [0.1, 0.15) is 15.5 Å². The third kappa shape index (κ3) is 5.63. The molecule has 1 aromatic carbocycles. The molecular weight excluding hydrogens is 336 g/mol. The molecule has 0 fully saturated rings.